The first-order chi connectivity index (χ1) is 18.8. The van der Waals surface area contributed by atoms with Crippen molar-refractivity contribution < 1.29 is 9.53 Å². The molecule has 1 amide bonds. The number of ether oxygens (including phenoxy) is 1. The van der Waals surface area contributed by atoms with Crippen LogP contribution < -0.4 is 15.0 Å². The zero-order valence-electron chi connectivity index (χ0n) is 23.4. The molecule has 2 heterocycles. The maximum absolute atomic E-state index is 12.6. The van der Waals surface area contributed by atoms with E-state index in [0.29, 0.717) is 23.6 Å². The van der Waals surface area contributed by atoms with Gasteiger partial charge in [0.15, 0.2) is 0 Å². The summed E-state index contributed by atoms with van der Waals surface area (Å²) in [5.74, 6) is 2.39. The van der Waals surface area contributed by atoms with E-state index in [1.54, 1.807) is 7.11 Å². The predicted molar refractivity (Wildman–Crippen MR) is 152 cm³/mol. The van der Waals surface area contributed by atoms with Gasteiger partial charge in [-0.15, -0.1) is 5.10 Å². The van der Waals surface area contributed by atoms with E-state index in [1.807, 2.05) is 36.4 Å². The summed E-state index contributed by atoms with van der Waals surface area (Å²) in [6.45, 7) is 10.8. The molecule has 5 rings (SSSR count). The third-order valence-electron chi connectivity index (χ3n) is 8.01. The van der Waals surface area contributed by atoms with E-state index in [0.717, 1.165) is 53.6 Å². The van der Waals surface area contributed by atoms with Crippen molar-refractivity contribution in [1.82, 2.24) is 30.2 Å². The van der Waals surface area contributed by atoms with Crippen molar-refractivity contribution in [3.05, 3.63) is 53.6 Å². The lowest BCUT2D eigenvalue weighted by atomic mass is 9.71. The summed E-state index contributed by atoms with van der Waals surface area (Å²) >= 11 is 0. The van der Waals surface area contributed by atoms with Crippen molar-refractivity contribution in [2.75, 3.05) is 17.3 Å². The molecule has 0 saturated heterocycles. The van der Waals surface area contributed by atoms with Gasteiger partial charge in [-0.1, -0.05) is 38.0 Å². The van der Waals surface area contributed by atoms with Gasteiger partial charge >= 0.3 is 0 Å². The smallest absolute Gasteiger partial charge is 0.270 e. The number of nitrogens with zero attached hydrogens (tertiary/aromatic N) is 6. The van der Waals surface area contributed by atoms with Crippen LogP contribution in [0.15, 0.2) is 42.5 Å². The minimum absolute atomic E-state index is 0.149. The predicted octanol–water partition coefficient (Wildman–Crippen LogP) is 5.44. The molecule has 2 aromatic heterocycles. The lowest BCUT2D eigenvalue weighted by molar-refractivity contribution is 0.102. The van der Waals surface area contributed by atoms with E-state index in [9.17, 15) is 4.79 Å². The third kappa shape index (κ3) is 5.74. The Morgan fingerprint density at radius 3 is 2.49 bits per heavy atom. The summed E-state index contributed by atoms with van der Waals surface area (Å²) in [4.78, 5) is 20.2. The van der Waals surface area contributed by atoms with Gasteiger partial charge in [0, 0.05) is 30.8 Å². The Balaban J connectivity index is 1.44. The Kier molecular flexibility index (Phi) is 7.54. The second-order valence-corrected chi connectivity index (χ2v) is 11.4. The fourth-order valence-corrected chi connectivity index (χ4v) is 5.72. The number of carbonyl (C=O) groups is 1. The molecule has 1 saturated carbocycles. The number of hydrogen-bond donors (Lipinski definition) is 2. The number of rotatable bonds is 8. The van der Waals surface area contributed by atoms with Gasteiger partial charge in [0.1, 0.15) is 5.75 Å². The number of amides is 1. The largest absolute Gasteiger partial charge is 0.497 e. The Hall–Kier alpha value is -3.95. The van der Waals surface area contributed by atoms with Gasteiger partial charge < -0.3 is 14.2 Å². The van der Waals surface area contributed by atoms with Crippen LogP contribution in [0.5, 0.6) is 5.75 Å². The number of carbonyl (C=O) groups excluding carboxylic acids is 1. The number of aryl methyl sites for hydroxylation is 1. The van der Waals surface area contributed by atoms with E-state index in [-0.39, 0.29) is 11.9 Å². The minimum atomic E-state index is -0.276. The summed E-state index contributed by atoms with van der Waals surface area (Å²) < 4.78 is 7.78. The quantitative estimate of drug-likeness (QED) is 0.312. The van der Waals surface area contributed by atoms with Gasteiger partial charge in [-0.25, -0.2) is 4.98 Å². The second-order valence-electron chi connectivity index (χ2n) is 11.4. The molecule has 0 aliphatic heterocycles. The number of fused-ring (bicyclic) bond motifs is 1. The van der Waals surface area contributed by atoms with Crippen LogP contribution in [0.4, 0.5) is 11.9 Å². The Morgan fingerprint density at radius 2 is 1.87 bits per heavy atom. The number of tetrazole rings is 1. The van der Waals surface area contributed by atoms with Crippen LogP contribution in [0.3, 0.4) is 0 Å². The summed E-state index contributed by atoms with van der Waals surface area (Å²) in [7, 11) is 1.69. The summed E-state index contributed by atoms with van der Waals surface area (Å²) in [5, 5.41) is 16.0. The average Bonchev–Trinajstić information content (AvgIpc) is 3.58. The number of methoxy groups -OCH3 is 1. The Labute approximate surface area is 229 Å². The highest BCUT2D eigenvalue weighted by atomic mass is 16.5. The van der Waals surface area contributed by atoms with Gasteiger partial charge in [0.25, 0.3) is 11.9 Å². The second kappa shape index (κ2) is 11.0. The minimum Gasteiger partial charge on any atom is -0.497 e. The molecule has 10 heteroatoms. The fraction of sp³-hybridized carbons (Fsp3) is 0.483. The fourth-order valence-electron chi connectivity index (χ4n) is 5.72. The van der Waals surface area contributed by atoms with E-state index >= 15 is 0 Å². The van der Waals surface area contributed by atoms with Gasteiger partial charge in [-0.3, -0.25) is 10.1 Å². The molecular formula is C29H38N8O2. The number of H-pyrrole nitrogens is 1. The zero-order valence-corrected chi connectivity index (χ0v) is 23.4. The molecular weight excluding hydrogens is 492 g/mol. The highest BCUT2D eigenvalue weighted by molar-refractivity contribution is 6.03. The Morgan fingerprint density at radius 1 is 1.13 bits per heavy atom. The first-order valence-electron chi connectivity index (χ1n) is 13.7. The number of nitrogens with one attached hydrogen (secondary N) is 2. The van der Waals surface area contributed by atoms with Gasteiger partial charge in [-0.05, 0) is 79.0 Å². The normalized spacial score (nSPS) is 17.8. The van der Waals surface area contributed by atoms with Gasteiger partial charge in [-0.2, -0.15) is 5.21 Å². The Bertz CT molecular complexity index is 1400. The van der Waals surface area contributed by atoms with Crippen LogP contribution in [-0.4, -0.2) is 49.2 Å². The third-order valence-corrected chi connectivity index (χ3v) is 8.01. The lowest BCUT2D eigenvalue weighted by Gasteiger charge is -2.41. The number of aromatic amines is 1. The first kappa shape index (κ1) is 26.6. The lowest BCUT2D eigenvalue weighted by Crippen LogP contribution is -2.41. The SMILES string of the molecule is CCn1c(N(Cc2ccc(C(=O)Nc3nn[nH]n3)cc2)C2CCC(C(C)(C)C)CC2)nc2cc(OC)ccc21. The van der Waals surface area contributed by atoms with E-state index in [4.69, 9.17) is 9.72 Å². The molecule has 206 valence electrons. The van der Waals surface area contributed by atoms with Gasteiger partial charge in [0.2, 0.25) is 5.95 Å². The van der Waals surface area contributed by atoms with Crippen LogP contribution in [-0.2, 0) is 13.1 Å². The first-order valence-corrected chi connectivity index (χ1v) is 13.7. The van der Waals surface area contributed by atoms with Crippen LogP contribution in [0.2, 0.25) is 0 Å². The highest BCUT2D eigenvalue weighted by Gasteiger charge is 2.33. The molecule has 2 aromatic carbocycles. The summed E-state index contributed by atoms with van der Waals surface area (Å²) in [5.41, 5.74) is 4.02. The van der Waals surface area contributed by atoms with Crippen LogP contribution >= 0.6 is 0 Å². The molecule has 2 N–H and O–H groups in total. The topological polar surface area (TPSA) is 114 Å². The molecule has 0 unspecified atom stereocenters. The number of imidazole rings is 1. The van der Waals surface area contributed by atoms with Crippen molar-refractivity contribution in [2.24, 2.45) is 11.3 Å². The van der Waals surface area contributed by atoms with Crippen molar-refractivity contribution >= 4 is 28.8 Å². The number of aromatic nitrogens is 6. The average molecular weight is 531 g/mol. The molecule has 1 aliphatic rings. The van der Waals surface area contributed by atoms with Crippen LogP contribution in [0.25, 0.3) is 11.0 Å². The van der Waals surface area contributed by atoms with Crippen LogP contribution in [0.1, 0.15) is 69.3 Å². The van der Waals surface area contributed by atoms with Gasteiger partial charge in [0.05, 0.1) is 18.1 Å². The van der Waals surface area contributed by atoms with E-state index in [1.165, 1.54) is 12.8 Å². The maximum atomic E-state index is 12.6. The molecule has 1 fully saturated rings. The summed E-state index contributed by atoms with van der Waals surface area (Å²) in [6.07, 6.45) is 4.67. The summed E-state index contributed by atoms with van der Waals surface area (Å²) in [6, 6.07) is 14.2. The molecule has 0 atom stereocenters. The van der Waals surface area contributed by atoms with Crippen molar-refractivity contribution in [3.8, 4) is 5.75 Å². The van der Waals surface area contributed by atoms with Crippen molar-refractivity contribution in [2.45, 2.75) is 72.5 Å². The highest BCUT2D eigenvalue weighted by Crippen LogP contribution is 2.40. The standard InChI is InChI=1S/C29H38N8O2/c1-6-36-25-16-15-23(39-5)17-24(25)30-28(36)37(22-13-11-21(12-14-22)29(2,3)4)18-19-7-9-20(10-8-19)26(38)31-27-32-34-35-33-27/h7-10,15-17,21-22H,6,11-14,18H2,1-5H3,(H2,31,32,33,34,35,38). The zero-order chi connectivity index (χ0) is 27.6. The maximum Gasteiger partial charge on any atom is 0.270 e. The van der Waals surface area contributed by atoms with E-state index < -0.39 is 0 Å². The van der Waals surface area contributed by atoms with E-state index in [2.05, 4.69) is 69.2 Å². The monoisotopic (exact) mass is 530 g/mol. The molecule has 4 aromatic rings. The van der Waals surface area contributed by atoms with Crippen molar-refractivity contribution in [1.29, 1.82) is 0 Å². The molecule has 1 aliphatic carbocycles. The number of benzene rings is 2. The number of anilines is 2. The van der Waals surface area contributed by atoms with Crippen LogP contribution in [0, 0.1) is 11.3 Å². The molecule has 10 nitrogen and oxygen atoms in total. The molecule has 39 heavy (non-hydrogen) atoms. The molecule has 0 spiro atoms. The number of hydrogen-bond acceptors (Lipinski definition) is 7. The molecule has 0 bridgehead atoms. The van der Waals surface area contributed by atoms with Crippen molar-refractivity contribution in [3.63, 3.8) is 0 Å². The molecule has 0 radical (unpaired) electrons.